The van der Waals surface area contributed by atoms with Gasteiger partial charge in [0.2, 0.25) is 0 Å². The van der Waals surface area contributed by atoms with Crippen LogP contribution >= 0.6 is 0 Å². The number of rotatable bonds is 13. The largest absolute Gasteiger partial charge is 0.494 e. The summed E-state index contributed by atoms with van der Waals surface area (Å²) in [4.78, 5) is 24.8. The van der Waals surface area contributed by atoms with Crippen molar-refractivity contribution in [3.05, 3.63) is 95.1 Å². The molecule has 0 saturated carbocycles. The third kappa shape index (κ3) is 8.15. The van der Waals surface area contributed by atoms with E-state index < -0.39 is 5.97 Å². The molecule has 0 bridgehead atoms. The van der Waals surface area contributed by atoms with E-state index in [1.54, 1.807) is 6.07 Å². The lowest BCUT2D eigenvalue weighted by Gasteiger charge is -2.23. The summed E-state index contributed by atoms with van der Waals surface area (Å²) in [5, 5.41) is 12.4. The number of carbonyl (C=O) groups excluding carboxylic acids is 1. The smallest absolute Gasteiger partial charge is 0.303 e. The van der Waals surface area contributed by atoms with Crippen molar-refractivity contribution in [3.63, 3.8) is 0 Å². The van der Waals surface area contributed by atoms with Crippen LogP contribution in [0.3, 0.4) is 0 Å². The quantitative estimate of drug-likeness (QED) is 0.299. The first-order valence-electron chi connectivity index (χ1n) is 12.4. The highest BCUT2D eigenvalue weighted by Crippen LogP contribution is 2.26. The molecule has 1 unspecified atom stereocenters. The van der Waals surface area contributed by atoms with Gasteiger partial charge in [-0.3, -0.25) is 9.59 Å². The van der Waals surface area contributed by atoms with Gasteiger partial charge in [0.1, 0.15) is 18.1 Å². The summed E-state index contributed by atoms with van der Waals surface area (Å²) in [7, 11) is 0. The van der Waals surface area contributed by atoms with E-state index in [4.69, 9.17) is 9.47 Å². The SMILES string of the molecule is CCOc1cccc(C(CC(C)C)NC(=O)c2cc(COc3ccccc3)ccc2CCC(=O)O)c1. The lowest BCUT2D eigenvalue weighted by Crippen LogP contribution is -2.30. The monoisotopic (exact) mass is 489 g/mol. The van der Waals surface area contributed by atoms with Gasteiger partial charge in [0, 0.05) is 12.0 Å². The van der Waals surface area contributed by atoms with Crippen LogP contribution in [-0.2, 0) is 17.8 Å². The van der Waals surface area contributed by atoms with E-state index in [1.807, 2.05) is 73.7 Å². The molecule has 2 N–H and O–H groups in total. The van der Waals surface area contributed by atoms with Crippen molar-refractivity contribution in [1.82, 2.24) is 5.32 Å². The first-order chi connectivity index (χ1) is 17.4. The van der Waals surface area contributed by atoms with Crippen LogP contribution < -0.4 is 14.8 Å². The second kappa shape index (κ2) is 13.3. The number of nitrogens with one attached hydrogen (secondary N) is 1. The van der Waals surface area contributed by atoms with Gasteiger partial charge < -0.3 is 19.9 Å². The summed E-state index contributed by atoms with van der Waals surface area (Å²) >= 11 is 0. The molecule has 0 aliphatic rings. The molecular formula is C30H35NO5. The lowest BCUT2D eigenvalue weighted by molar-refractivity contribution is -0.136. The van der Waals surface area contributed by atoms with E-state index in [9.17, 15) is 14.7 Å². The van der Waals surface area contributed by atoms with E-state index >= 15 is 0 Å². The van der Waals surface area contributed by atoms with Crippen molar-refractivity contribution in [3.8, 4) is 11.5 Å². The number of amides is 1. The zero-order valence-electron chi connectivity index (χ0n) is 21.2. The molecule has 0 aliphatic heterocycles. The Kier molecular flexibility index (Phi) is 9.92. The van der Waals surface area contributed by atoms with E-state index in [0.29, 0.717) is 30.3 Å². The van der Waals surface area contributed by atoms with Gasteiger partial charge in [-0.05, 0) is 72.7 Å². The summed E-state index contributed by atoms with van der Waals surface area (Å²) in [5.74, 6) is 0.723. The molecule has 6 heteroatoms. The molecule has 0 heterocycles. The fraction of sp³-hybridized carbons (Fsp3) is 0.333. The Balaban J connectivity index is 1.86. The fourth-order valence-corrected chi connectivity index (χ4v) is 4.04. The van der Waals surface area contributed by atoms with E-state index in [0.717, 1.165) is 29.0 Å². The Bertz CT molecular complexity index is 1140. The average Bonchev–Trinajstić information content (AvgIpc) is 2.86. The number of carbonyl (C=O) groups is 2. The van der Waals surface area contributed by atoms with Gasteiger partial charge in [-0.15, -0.1) is 0 Å². The minimum Gasteiger partial charge on any atom is -0.494 e. The number of hydrogen-bond acceptors (Lipinski definition) is 4. The predicted molar refractivity (Wildman–Crippen MR) is 140 cm³/mol. The topological polar surface area (TPSA) is 84.9 Å². The van der Waals surface area contributed by atoms with Crippen molar-refractivity contribution in [1.29, 1.82) is 0 Å². The molecule has 0 spiro atoms. The maximum atomic E-state index is 13.6. The van der Waals surface area contributed by atoms with E-state index in [2.05, 4.69) is 19.2 Å². The standard InChI is InChI=1S/C30H35NO5/c1-4-35-26-12-8-9-24(19-26)28(17-21(2)3)31-30(34)27-18-22(13-14-23(27)15-16-29(32)33)20-36-25-10-6-5-7-11-25/h5-14,18-19,21,28H,4,15-17,20H2,1-3H3,(H,31,34)(H,32,33). The van der Waals surface area contributed by atoms with Gasteiger partial charge in [-0.2, -0.15) is 0 Å². The zero-order valence-corrected chi connectivity index (χ0v) is 21.2. The zero-order chi connectivity index (χ0) is 25.9. The van der Waals surface area contributed by atoms with Crippen molar-refractivity contribution < 1.29 is 24.2 Å². The van der Waals surface area contributed by atoms with E-state index in [1.165, 1.54) is 0 Å². The second-order valence-corrected chi connectivity index (χ2v) is 9.15. The van der Waals surface area contributed by atoms with Gasteiger partial charge >= 0.3 is 5.97 Å². The van der Waals surface area contributed by atoms with Crippen molar-refractivity contribution in [2.75, 3.05) is 6.61 Å². The Morgan fingerprint density at radius 2 is 1.67 bits per heavy atom. The van der Waals surface area contributed by atoms with Gasteiger partial charge in [-0.25, -0.2) is 0 Å². The summed E-state index contributed by atoms with van der Waals surface area (Å²) in [5.41, 5.74) is 2.98. The Morgan fingerprint density at radius 1 is 0.917 bits per heavy atom. The summed E-state index contributed by atoms with van der Waals surface area (Å²) in [6.07, 6.45) is 0.973. The van der Waals surface area contributed by atoms with Crippen LogP contribution in [0, 0.1) is 5.92 Å². The maximum absolute atomic E-state index is 13.6. The average molecular weight is 490 g/mol. The summed E-state index contributed by atoms with van der Waals surface area (Å²) in [6, 6.07) is 22.6. The molecule has 0 fully saturated rings. The van der Waals surface area contributed by atoms with Crippen molar-refractivity contribution in [2.45, 2.75) is 52.7 Å². The van der Waals surface area contributed by atoms with Crippen molar-refractivity contribution in [2.24, 2.45) is 5.92 Å². The van der Waals surface area contributed by atoms with Crippen LogP contribution in [0.4, 0.5) is 0 Å². The van der Waals surface area contributed by atoms with Gasteiger partial charge in [0.25, 0.3) is 5.91 Å². The molecule has 3 aromatic carbocycles. The number of hydrogen-bond donors (Lipinski definition) is 2. The number of aliphatic carboxylic acids is 1. The molecule has 1 atom stereocenters. The van der Waals surface area contributed by atoms with Gasteiger partial charge in [0.15, 0.2) is 0 Å². The molecule has 190 valence electrons. The number of para-hydroxylation sites is 1. The molecule has 3 aromatic rings. The molecule has 0 aliphatic carbocycles. The van der Waals surface area contributed by atoms with E-state index in [-0.39, 0.29) is 24.8 Å². The van der Waals surface area contributed by atoms with Crippen LogP contribution in [0.5, 0.6) is 11.5 Å². The number of carboxylic acids is 1. The Morgan fingerprint density at radius 3 is 2.36 bits per heavy atom. The Labute approximate surface area is 213 Å². The van der Waals surface area contributed by atoms with Crippen LogP contribution in [0.1, 0.15) is 66.7 Å². The highest BCUT2D eigenvalue weighted by atomic mass is 16.5. The molecule has 36 heavy (non-hydrogen) atoms. The third-order valence-electron chi connectivity index (χ3n) is 5.76. The molecule has 1 amide bonds. The summed E-state index contributed by atoms with van der Waals surface area (Å²) in [6.45, 7) is 7.04. The molecule has 6 nitrogen and oxygen atoms in total. The molecule has 3 rings (SSSR count). The van der Waals surface area contributed by atoms with Crippen LogP contribution in [-0.4, -0.2) is 23.6 Å². The van der Waals surface area contributed by atoms with Crippen LogP contribution in [0.25, 0.3) is 0 Å². The van der Waals surface area contributed by atoms with Crippen molar-refractivity contribution >= 4 is 11.9 Å². The number of ether oxygens (including phenoxy) is 2. The molecule has 0 saturated heterocycles. The van der Waals surface area contributed by atoms with Gasteiger partial charge in [0.05, 0.1) is 12.6 Å². The normalized spacial score (nSPS) is 11.7. The highest BCUT2D eigenvalue weighted by Gasteiger charge is 2.20. The highest BCUT2D eigenvalue weighted by molar-refractivity contribution is 5.96. The lowest BCUT2D eigenvalue weighted by atomic mass is 9.95. The summed E-state index contributed by atoms with van der Waals surface area (Å²) < 4.78 is 11.5. The predicted octanol–water partition coefficient (Wildman–Crippen LogP) is 6.20. The fourth-order valence-electron chi connectivity index (χ4n) is 4.04. The third-order valence-corrected chi connectivity index (χ3v) is 5.76. The van der Waals surface area contributed by atoms with Crippen LogP contribution in [0.2, 0.25) is 0 Å². The van der Waals surface area contributed by atoms with Crippen LogP contribution in [0.15, 0.2) is 72.8 Å². The second-order valence-electron chi connectivity index (χ2n) is 9.15. The molecule has 0 aromatic heterocycles. The number of carboxylic acid groups (broad SMARTS) is 1. The maximum Gasteiger partial charge on any atom is 0.303 e. The molecular weight excluding hydrogens is 454 g/mol. The minimum absolute atomic E-state index is 0.0496. The first kappa shape index (κ1) is 26.8. The molecule has 0 radical (unpaired) electrons. The Hall–Kier alpha value is -3.80. The minimum atomic E-state index is -0.900. The number of aryl methyl sites for hydroxylation is 1. The number of benzene rings is 3. The first-order valence-corrected chi connectivity index (χ1v) is 12.4. The van der Waals surface area contributed by atoms with Gasteiger partial charge in [-0.1, -0.05) is 56.3 Å².